The molecule has 0 saturated heterocycles. The van der Waals surface area contributed by atoms with Gasteiger partial charge in [0.05, 0.1) is 0 Å². The van der Waals surface area contributed by atoms with E-state index in [1.54, 1.807) is 6.08 Å². The maximum atomic E-state index is 11.8. The van der Waals surface area contributed by atoms with Gasteiger partial charge in [0.2, 0.25) is 5.91 Å². The molecule has 0 unspecified atom stereocenters. The maximum Gasteiger partial charge on any atom is 0.250 e. The molecule has 2 rings (SSSR count). The van der Waals surface area contributed by atoms with E-state index in [2.05, 4.69) is 10.6 Å². The van der Waals surface area contributed by atoms with Crippen molar-refractivity contribution in [3.63, 3.8) is 0 Å². The van der Waals surface area contributed by atoms with Crippen LogP contribution >= 0.6 is 12.2 Å². The standard InChI is InChI=1S/C18H18N2OS/c1-13-3-7-15(8-4-13)9-12-17(21)20-18(22)19-16-10-5-14(2)6-11-16/h3-12H,1-2H3,(H2,19,20,21,22). The first-order valence-electron chi connectivity index (χ1n) is 6.96. The molecule has 0 spiro atoms. The number of anilines is 1. The van der Waals surface area contributed by atoms with E-state index in [1.165, 1.54) is 17.2 Å². The molecule has 22 heavy (non-hydrogen) atoms. The third-order valence-corrected chi connectivity index (χ3v) is 3.25. The molecule has 0 atom stereocenters. The number of rotatable bonds is 3. The van der Waals surface area contributed by atoms with Gasteiger partial charge in [-0.15, -0.1) is 0 Å². The average molecular weight is 310 g/mol. The van der Waals surface area contributed by atoms with E-state index < -0.39 is 0 Å². The first-order chi connectivity index (χ1) is 10.5. The first kappa shape index (κ1) is 15.9. The van der Waals surface area contributed by atoms with Crippen molar-refractivity contribution in [2.75, 3.05) is 5.32 Å². The summed E-state index contributed by atoms with van der Waals surface area (Å²) in [5, 5.41) is 5.87. The van der Waals surface area contributed by atoms with Crippen molar-refractivity contribution in [1.82, 2.24) is 5.32 Å². The van der Waals surface area contributed by atoms with Crippen molar-refractivity contribution in [3.05, 3.63) is 71.3 Å². The van der Waals surface area contributed by atoms with Gasteiger partial charge in [-0.3, -0.25) is 10.1 Å². The predicted octanol–water partition coefficient (Wildman–Crippen LogP) is 3.83. The van der Waals surface area contributed by atoms with Crippen LogP contribution in [-0.4, -0.2) is 11.0 Å². The Hall–Kier alpha value is -2.46. The lowest BCUT2D eigenvalue weighted by Crippen LogP contribution is -2.32. The summed E-state index contributed by atoms with van der Waals surface area (Å²) >= 11 is 5.12. The lowest BCUT2D eigenvalue weighted by molar-refractivity contribution is -0.115. The van der Waals surface area contributed by atoms with Crippen LogP contribution in [0.5, 0.6) is 0 Å². The van der Waals surface area contributed by atoms with Gasteiger partial charge < -0.3 is 5.32 Å². The molecule has 2 aromatic carbocycles. The Labute approximate surface area is 136 Å². The summed E-state index contributed by atoms with van der Waals surface area (Å²) in [6.45, 7) is 4.04. The van der Waals surface area contributed by atoms with Crippen molar-refractivity contribution < 1.29 is 4.79 Å². The van der Waals surface area contributed by atoms with Gasteiger partial charge in [-0.25, -0.2) is 0 Å². The number of nitrogens with one attached hydrogen (secondary N) is 2. The summed E-state index contributed by atoms with van der Waals surface area (Å²) in [4.78, 5) is 11.8. The van der Waals surface area contributed by atoms with Crippen LogP contribution in [-0.2, 0) is 4.79 Å². The minimum absolute atomic E-state index is 0.259. The first-order valence-corrected chi connectivity index (χ1v) is 7.37. The maximum absolute atomic E-state index is 11.8. The quantitative estimate of drug-likeness (QED) is 0.669. The van der Waals surface area contributed by atoms with Gasteiger partial charge in [-0.1, -0.05) is 47.5 Å². The summed E-state index contributed by atoms with van der Waals surface area (Å²) in [6.07, 6.45) is 3.22. The van der Waals surface area contributed by atoms with Crippen molar-refractivity contribution >= 4 is 35.0 Å². The zero-order chi connectivity index (χ0) is 15.9. The van der Waals surface area contributed by atoms with Crippen LogP contribution in [0.1, 0.15) is 16.7 Å². The lowest BCUT2D eigenvalue weighted by atomic mass is 10.1. The highest BCUT2D eigenvalue weighted by molar-refractivity contribution is 7.80. The Bertz CT molecular complexity index is 688. The molecule has 3 nitrogen and oxygen atoms in total. The van der Waals surface area contributed by atoms with Crippen LogP contribution in [0, 0.1) is 13.8 Å². The largest absolute Gasteiger partial charge is 0.332 e. The van der Waals surface area contributed by atoms with Gasteiger partial charge in [0.1, 0.15) is 0 Å². The average Bonchev–Trinajstić information content (AvgIpc) is 2.49. The monoisotopic (exact) mass is 310 g/mol. The topological polar surface area (TPSA) is 41.1 Å². The Morgan fingerprint density at radius 2 is 1.50 bits per heavy atom. The van der Waals surface area contributed by atoms with E-state index in [4.69, 9.17) is 12.2 Å². The number of carbonyl (C=O) groups excluding carboxylic acids is 1. The third-order valence-electron chi connectivity index (χ3n) is 3.05. The molecular formula is C18H18N2OS. The molecule has 0 heterocycles. The molecule has 1 amide bonds. The smallest absolute Gasteiger partial charge is 0.250 e. The molecule has 112 valence electrons. The van der Waals surface area contributed by atoms with Crippen molar-refractivity contribution in [1.29, 1.82) is 0 Å². The third kappa shape index (κ3) is 5.14. The van der Waals surface area contributed by atoms with Crippen LogP contribution in [0.3, 0.4) is 0 Å². The van der Waals surface area contributed by atoms with Gasteiger partial charge >= 0.3 is 0 Å². The normalized spacial score (nSPS) is 10.5. The highest BCUT2D eigenvalue weighted by Crippen LogP contribution is 2.08. The zero-order valence-electron chi connectivity index (χ0n) is 12.6. The Balaban J connectivity index is 1.87. The molecule has 0 aromatic heterocycles. The summed E-state index contributed by atoms with van der Waals surface area (Å²) in [6, 6.07) is 15.7. The molecule has 2 N–H and O–H groups in total. The van der Waals surface area contributed by atoms with E-state index in [9.17, 15) is 4.79 Å². The fourth-order valence-corrected chi connectivity index (χ4v) is 2.02. The molecule has 0 radical (unpaired) electrons. The summed E-state index contributed by atoms with van der Waals surface area (Å²) in [5.74, 6) is -0.259. The van der Waals surface area contributed by atoms with Crippen LogP contribution in [0.4, 0.5) is 5.69 Å². The number of thiocarbonyl (C=S) groups is 1. The number of amides is 1. The van der Waals surface area contributed by atoms with E-state index in [-0.39, 0.29) is 11.0 Å². The Kier molecular flexibility index (Phi) is 5.44. The molecule has 2 aromatic rings. The molecule has 0 fully saturated rings. The summed E-state index contributed by atoms with van der Waals surface area (Å²) < 4.78 is 0. The molecular weight excluding hydrogens is 292 g/mol. The van der Waals surface area contributed by atoms with Gasteiger partial charge in [-0.05, 0) is 49.8 Å². The molecule has 0 aliphatic rings. The van der Waals surface area contributed by atoms with E-state index in [1.807, 2.05) is 62.4 Å². The zero-order valence-corrected chi connectivity index (χ0v) is 13.4. The fourth-order valence-electron chi connectivity index (χ4n) is 1.80. The van der Waals surface area contributed by atoms with E-state index >= 15 is 0 Å². The summed E-state index contributed by atoms with van der Waals surface area (Å²) in [7, 11) is 0. The van der Waals surface area contributed by atoms with Crippen LogP contribution < -0.4 is 10.6 Å². The fraction of sp³-hybridized carbons (Fsp3) is 0.111. The van der Waals surface area contributed by atoms with Crippen LogP contribution in [0.2, 0.25) is 0 Å². The minimum atomic E-state index is -0.259. The van der Waals surface area contributed by atoms with Gasteiger partial charge in [-0.2, -0.15) is 0 Å². The van der Waals surface area contributed by atoms with Gasteiger partial charge in [0, 0.05) is 11.8 Å². The number of benzene rings is 2. The van der Waals surface area contributed by atoms with Crippen LogP contribution in [0.25, 0.3) is 6.08 Å². The second-order valence-electron chi connectivity index (χ2n) is 5.05. The molecule has 0 aliphatic carbocycles. The van der Waals surface area contributed by atoms with Gasteiger partial charge in [0.15, 0.2) is 5.11 Å². The van der Waals surface area contributed by atoms with Gasteiger partial charge in [0.25, 0.3) is 0 Å². The highest BCUT2D eigenvalue weighted by Gasteiger charge is 2.01. The molecule has 4 heteroatoms. The number of carbonyl (C=O) groups is 1. The highest BCUT2D eigenvalue weighted by atomic mass is 32.1. The lowest BCUT2D eigenvalue weighted by Gasteiger charge is -2.08. The van der Waals surface area contributed by atoms with Crippen molar-refractivity contribution in [3.8, 4) is 0 Å². The Morgan fingerprint density at radius 1 is 0.955 bits per heavy atom. The van der Waals surface area contributed by atoms with E-state index in [0.717, 1.165) is 11.3 Å². The molecule has 0 saturated carbocycles. The second-order valence-corrected chi connectivity index (χ2v) is 5.46. The molecule has 0 aliphatic heterocycles. The van der Waals surface area contributed by atoms with E-state index in [0.29, 0.717) is 0 Å². The van der Waals surface area contributed by atoms with Crippen molar-refractivity contribution in [2.24, 2.45) is 0 Å². The number of hydrogen-bond donors (Lipinski definition) is 2. The number of aryl methyl sites for hydroxylation is 2. The summed E-state index contributed by atoms with van der Waals surface area (Å²) in [5.41, 5.74) is 4.17. The molecule has 0 bridgehead atoms. The Morgan fingerprint density at radius 3 is 2.09 bits per heavy atom. The predicted molar refractivity (Wildman–Crippen MR) is 95.8 cm³/mol. The SMILES string of the molecule is Cc1ccc(C=CC(=O)NC(=S)Nc2ccc(C)cc2)cc1. The number of hydrogen-bond acceptors (Lipinski definition) is 2. The van der Waals surface area contributed by atoms with Crippen molar-refractivity contribution in [2.45, 2.75) is 13.8 Å². The second kappa shape index (κ2) is 7.52. The van der Waals surface area contributed by atoms with Crippen LogP contribution in [0.15, 0.2) is 54.6 Å². The minimum Gasteiger partial charge on any atom is -0.332 e.